The van der Waals surface area contributed by atoms with Crippen molar-refractivity contribution in [2.45, 2.75) is 25.3 Å². The molecule has 2 amide bonds. The van der Waals surface area contributed by atoms with Crippen LogP contribution >= 0.6 is 11.6 Å². The van der Waals surface area contributed by atoms with Crippen LogP contribution in [-0.4, -0.2) is 34.5 Å². The zero-order valence-electron chi connectivity index (χ0n) is 15.1. The second kappa shape index (κ2) is 8.88. The third kappa shape index (κ3) is 5.10. The van der Waals surface area contributed by atoms with E-state index < -0.39 is 11.2 Å². The van der Waals surface area contributed by atoms with Crippen molar-refractivity contribution in [3.63, 3.8) is 0 Å². The summed E-state index contributed by atoms with van der Waals surface area (Å²) in [6, 6.07) is 8.74. The van der Waals surface area contributed by atoms with Crippen LogP contribution in [0.25, 0.3) is 0 Å². The van der Waals surface area contributed by atoms with Gasteiger partial charge in [0.15, 0.2) is 0 Å². The van der Waals surface area contributed by atoms with E-state index in [4.69, 9.17) is 11.6 Å². The largest absolute Gasteiger partial charge is 0.356 e. The summed E-state index contributed by atoms with van der Waals surface area (Å²) in [5, 5.41) is 6.24. The third-order valence-corrected chi connectivity index (χ3v) is 4.96. The quantitative estimate of drug-likeness (QED) is 0.559. The molecule has 8 nitrogen and oxygen atoms in total. The molecule has 0 bridgehead atoms. The van der Waals surface area contributed by atoms with E-state index in [0.717, 1.165) is 16.6 Å². The molecule has 1 aromatic heterocycles. The van der Waals surface area contributed by atoms with Gasteiger partial charge in [0.1, 0.15) is 6.54 Å². The van der Waals surface area contributed by atoms with Gasteiger partial charge in [0, 0.05) is 36.3 Å². The van der Waals surface area contributed by atoms with Gasteiger partial charge in [0.05, 0.1) is 0 Å². The number of nitrogens with zero attached hydrogens (tertiary/aromatic N) is 1. The molecule has 0 radical (unpaired) electrons. The summed E-state index contributed by atoms with van der Waals surface area (Å²) in [6.07, 6.45) is 2.63. The molecule has 0 saturated heterocycles. The molecule has 0 spiro atoms. The van der Waals surface area contributed by atoms with E-state index in [1.54, 1.807) is 0 Å². The Bertz CT molecular complexity index is 984. The maximum Gasteiger partial charge on any atom is 0.328 e. The lowest BCUT2D eigenvalue weighted by atomic mass is 10.1. The number of carbonyl (C=O) groups excluding carboxylic acids is 2. The van der Waals surface area contributed by atoms with Crippen LogP contribution in [0.5, 0.6) is 0 Å². The summed E-state index contributed by atoms with van der Waals surface area (Å²) in [5.41, 5.74) is -0.133. The molecule has 9 heteroatoms. The molecule has 2 aromatic rings. The first-order valence-electron chi connectivity index (χ1n) is 9.04. The normalized spacial score (nSPS) is 17.8. The summed E-state index contributed by atoms with van der Waals surface area (Å²) in [5.74, 6) is -0.233. The number of carbonyl (C=O) groups is 2. The second-order valence-corrected chi connectivity index (χ2v) is 7.11. The van der Waals surface area contributed by atoms with Crippen molar-refractivity contribution < 1.29 is 9.59 Å². The Balaban J connectivity index is 1.33. The highest BCUT2D eigenvalue weighted by Crippen LogP contribution is 2.49. The maximum absolute atomic E-state index is 12.2. The smallest absolute Gasteiger partial charge is 0.328 e. The molecule has 1 aliphatic rings. The second-order valence-electron chi connectivity index (χ2n) is 6.70. The first kappa shape index (κ1) is 19.9. The zero-order chi connectivity index (χ0) is 20.1. The lowest BCUT2D eigenvalue weighted by Gasteiger charge is -2.08. The molecule has 1 fully saturated rings. The van der Waals surface area contributed by atoms with Crippen molar-refractivity contribution in [1.29, 1.82) is 0 Å². The minimum atomic E-state index is -0.632. The molecule has 0 aliphatic heterocycles. The topological polar surface area (TPSA) is 113 Å². The van der Waals surface area contributed by atoms with Gasteiger partial charge in [-0.3, -0.25) is 23.9 Å². The Morgan fingerprint density at radius 2 is 1.89 bits per heavy atom. The minimum Gasteiger partial charge on any atom is -0.356 e. The van der Waals surface area contributed by atoms with Crippen molar-refractivity contribution in [2.75, 3.05) is 13.1 Å². The molecule has 0 unspecified atom stereocenters. The molecule has 1 saturated carbocycles. The number of H-pyrrole nitrogens is 1. The molecular formula is C19H21ClN4O4. The van der Waals surface area contributed by atoms with Crippen LogP contribution in [0.1, 0.15) is 24.3 Å². The van der Waals surface area contributed by atoms with Gasteiger partial charge in [-0.2, -0.15) is 0 Å². The molecule has 28 heavy (non-hydrogen) atoms. The Morgan fingerprint density at radius 1 is 1.14 bits per heavy atom. The van der Waals surface area contributed by atoms with Crippen molar-refractivity contribution in [1.82, 2.24) is 20.2 Å². The van der Waals surface area contributed by atoms with Crippen LogP contribution in [0.3, 0.4) is 0 Å². The van der Waals surface area contributed by atoms with Crippen LogP contribution in [0.2, 0.25) is 5.02 Å². The standard InChI is InChI=1S/C19H21ClN4O4/c20-15-5-2-1-4-12(15)13-10-14(13)18(27)22-8-3-7-21-17(26)11-24-9-6-16(25)23-19(24)28/h1-2,4-6,9,13-14H,3,7-8,10-11H2,(H,21,26)(H,22,27)(H,23,25,28)/t13-,14+/m0/s1. The Kier molecular flexibility index (Phi) is 6.30. The Morgan fingerprint density at radius 3 is 2.64 bits per heavy atom. The van der Waals surface area contributed by atoms with Gasteiger partial charge >= 0.3 is 5.69 Å². The summed E-state index contributed by atoms with van der Waals surface area (Å²) >= 11 is 6.17. The predicted octanol–water partition coefficient (Wildman–Crippen LogP) is 0.616. The van der Waals surface area contributed by atoms with Crippen LogP contribution in [0.4, 0.5) is 0 Å². The fourth-order valence-corrected chi connectivity index (χ4v) is 3.32. The average molecular weight is 405 g/mol. The maximum atomic E-state index is 12.2. The van der Waals surface area contributed by atoms with Crippen molar-refractivity contribution in [3.8, 4) is 0 Å². The molecule has 3 N–H and O–H groups in total. The number of benzene rings is 1. The van der Waals surface area contributed by atoms with Crippen LogP contribution in [0.15, 0.2) is 46.1 Å². The molecule has 1 aliphatic carbocycles. The van der Waals surface area contributed by atoms with Gasteiger partial charge < -0.3 is 10.6 Å². The highest BCUT2D eigenvalue weighted by Gasteiger charge is 2.44. The number of aromatic nitrogens is 2. The van der Waals surface area contributed by atoms with Crippen LogP contribution in [-0.2, 0) is 16.1 Å². The SMILES string of the molecule is O=C(Cn1ccc(=O)[nH]c1=O)NCCCNC(=O)[C@@H]1C[C@H]1c1ccccc1Cl. The van der Waals surface area contributed by atoms with Gasteiger partial charge in [-0.25, -0.2) is 4.79 Å². The third-order valence-electron chi connectivity index (χ3n) is 4.62. The van der Waals surface area contributed by atoms with Gasteiger partial charge in [-0.1, -0.05) is 29.8 Å². The van der Waals surface area contributed by atoms with E-state index in [9.17, 15) is 19.2 Å². The predicted molar refractivity (Wildman–Crippen MR) is 104 cm³/mol. The van der Waals surface area contributed by atoms with Crippen molar-refractivity contribution in [2.24, 2.45) is 5.92 Å². The van der Waals surface area contributed by atoms with E-state index in [-0.39, 0.29) is 30.2 Å². The fraction of sp³-hybridized carbons (Fsp3) is 0.368. The van der Waals surface area contributed by atoms with Crippen LogP contribution < -0.4 is 21.9 Å². The van der Waals surface area contributed by atoms with Gasteiger partial charge in [0.25, 0.3) is 5.56 Å². The summed E-state index contributed by atoms with van der Waals surface area (Å²) in [7, 11) is 0. The number of hydrogen-bond donors (Lipinski definition) is 3. The van der Waals surface area contributed by atoms with E-state index in [1.807, 2.05) is 24.3 Å². The summed E-state index contributed by atoms with van der Waals surface area (Å²) in [4.78, 5) is 48.6. The Labute approximate surface area is 165 Å². The zero-order valence-corrected chi connectivity index (χ0v) is 15.9. The fourth-order valence-electron chi connectivity index (χ4n) is 3.04. The molecule has 1 heterocycles. The van der Waals surface area contributed by atoms with E-state index in [1.165, 1.54) is 12.3 Å². The van der Waals surface area contributed by atoms with E-state index >= 15 is 0 Å². The lowest BCUT2D eigenvalue weighted by Crippen LogP contribution is -2.36. The number of aromatic amines is 1. The monoisotopic (exact) mass is 404 g/mol. The van der Waals surface area contributed by atoms with Crippen molar-refractivity contribution in [3.05, 3.63) is 68.0 Å². The number of nitrogens with one attached hydrogen (secondary N) is 3. The first-order valence-corrected chi connectivity index (χ1v) is 9.42. The minimum absolute atomic E-state index is 0.00367. The van der Waals surface area contributed by atoms with Crippen LogP contribution in [0, 0.1) is 5.92 Å². The molecule has 148 valence electrons. The van der Waals surface area contributed by atoms with E-state index in [0.29, 0.717) is 24.5 Å². The molecule has 3 rings (SSSR count). The number of amides is 2. The van der Waals surface area contributed by atoms with Gasteiger partial charge in [-0.15, -0.1) is 0 Å². The number of halogens is 1. The summed E-state index contributed by atoms with van der Waals surface area (Å²) in [6.45, 7) is 0.642. The Hall–Kier alpha value is -2.87. The van der Waals surface area contributed by atoms with Crippen molar-refractivity contribution >= 4 is 23.4 Å². The molecule has 1 aromatic carbocycles. The lowest BCUT2D eigenvalue weighted by molar-refractivity contribution is -0.122. The van der Waals surface area contributed by atoms with Gasteiger partial charge in [-0.05, 0) is 30.4 Å². The summed E-state index contributed by atoms with van der Waals surface area (Å²) < 4.78 is 1.11. The highest BCUT2D eigenvalue weighted by atomic mass is 35.5. The number of hydrogen-bond acceptors (Lipinski definition) is 4. The number of rotatable bonds is 8. The van der Waals surface area contributed by atoms with Gasteiger partial charge in [0.2, 0.25) is 11.8 Å². The molecule has 2 atom stereocenters. The first-order chi connectivity index (χ1) is 13.5. The van der Waals surface area contributed by atoms with E-state index in [2.05, 4.69) is 15.6 Å². The molecular weight excluding hydrogens is 384 g/mol. The highest BCUT2D eigenvalue weighted by molar-refractivity contribution is 6.31. The average Bonchev–Trinajstić information content (AvgIpc) is 3.45.